The fraction of sp³-hybridized carbons (Fsp3) is 1.00. The molecule has 62 valence electrons. The van der Waals surface area contributed by atoms with Crippen molar-refractivity contribution in [1.82, 2.24) is 4.90 Å². The Bertz CT molecular complexity index is 87.3. The van der Waals surface area contributed by atoms with E-state index in [0.717, 1.165) is 13.1 Å². The maximum Gasteiger partial charge on any atom is 0.0902 e. The molecule has 0 bridgehead atoms. The molecule has 0 aromatic carbocycles. The van der Waals surface area contributed by atoms with Crippen molar-refractivity contribution in [2.45, 2.75) is 26.4 Å². The van der Waals surface area contributed by atoms with Crippen LogP contribution in [0.2, 0.25) is 0 Å². The molecule has 2 nitrogen and oxygen atoms in total. The minimum absolute atomic E-state index is 0.161. The van der Waals surface area contributed by atoms with Gasteiger partial charge in [-0.3, -0.25) is 0 Å². The van der Waals surface area contributed by atoms with Gasteiger partial charge < -0.3 is 9.64 Å². The molecule has 2 heteroatoms. The number of likely N-dealkylation sites (tertiary alicyclic amines) is 1. The van der Waals surface area contributed by atoms with Crippen molar-refractivity contribution in [3.8, 4) is 0 Å². The van der Waals surface area contributed by atoms with Gasteiger partial charge in [-0.05, 0) is 14.0 Å². The Morgan fingerprint density at radius 2 is 1.70 bits per heavy atom. The highest BCUT2D eigenvalue weighted by Gasteiger charge is 2.35. The van der Waals surface area contributed by atoms with Crippen LogP contribution in [0.3, 0.4) is 0 Å². The molecule has 0 aromatic rings. The van der Waals surface area contributed by atoms with Crippen LogP contribution in [0, 0.1) is 0 Å². The van der Waals surface area contributed by atoms with Gasteiger partial charge in [0.05, 0.1) is 5.60 Å². The van der Waals surface area contributed by atoms with Crippen LogP contribution in [-0.4, -0.2) is 37.7 Å². The van der Waals surface area contributed by atoms with Crippen molar-refractivity contribution in [2.75, 3.05) is 27.2 Å². The normalized spacial score (nSPS) is 22.5. The standard InChI is InChI=1S/C6H13NO.C2H6/c1-6(8-3)4-7(2)5-6;1-2/h4-5H2,1-3H3;1-2H3. The topological polar surface area (TPSA) is 12.5 Å². The molecular weight excluding hydrogens is 126 g/mol. The first kappa shape index (κ1) is 9.92. The zero-order valence-electron chi connectivity index (χ0n) is 7.77. The van der Waals surface area contributed by atoms with Gasteiger partial charge in [0.2, 0.25) is 0 Å². The Morgan fingerprint density at radius 3 is 1.80 bits per heavy atom. The minimum atomic E-state index is 0.161. The number of ether oxygens (including phenoxy) is 1. The number of rotatable bonds is 1. The van der Waals surface area contributed by atoms with E-state index in [-0.39, 0.29) is 5.60 Å². The molecule has 0 atom stereocenters. The lowest BCUT2D eigenvalue weighted by Crippen LogP contribution is -2.58. The Morgan fingerprint density at radius 1 is 1.30 bits per heavy atom. The smallest absolute Gasteiger partial charge is 0.0902 e. The molecule has 1 heterocycles. The van der Waals surface area contributed by atoms with Gasteiger partial charge in [-0.25, -0.2) is 0 Å². The number of hydrogen-bond donors (Lipinski definition) is 0. The van der Waals surface area contributed by atoms with E-state index in [9.17, 15) is 0 Å². The molecule has 0 spiro atoms. The monoisotopic (exact) mass is 145 g/mol. The van der Waals surface area contributed by atoms with Crippen LogP contribution in [-0.2, 0) is 4.74 Å². The summed E-state index contributed by atoms with van der Waals surface area (Å²) in [6, 6.07) is 0. The lowest BCUT2D eigenvalue weighted by molar-refractivity contribution is -0.100. The molecule has 1 aliphatic heterocycles. The summed E-state index contributed by atoms with van der Waals surface area (Å²) in [5.74, 6) is 0. The summed E-state index contributed by atoms with van der Waals surface area (Å²) in [6.07, 6.45) is 0. The Labute approximate surface area is 64.2 Å². The van der Waals surface area contributed by atoms with Crippen molar-refractivity contribution in [2.24, 2.45) is 0 Å². The highest BCUT2D eigenvalue weighted by molar-refractivity contribution is 4.90. The van der Waals surface area contributed by atoms with Crippen molar-refractivity contribution in [1.29, 1.82) is 0 Å². The molecule has 1 rings (SSSR count). The zero-order valence-corrected chi connectivity index (χ0v) is 7.77. The van der Waals surface area contributed by atoms with Crippen molar-refractivity contribution in [3.05, 3.63) is 0 Å². The third kappa shape index (κ3) is 2.27. The van der Waals surface area contributed by atoms with E-state index < -0.39 is 0 Å². The average Bonchev–Trinajstić information content (AvgIpc) is 1.90. The summed E-state index contributed by atoms with van der Waals surface area (Å²) < 4.78 is 5.20. The second-order valence-electron chi connectivity index (χ2n) is 2.83. The van der Waals surface area contributed by atoms with Crippen LogP contribution in [0.5, 0.6) is 0 Å². The van der Waals surface area contributed by atoms with Gasteiger partial charge >= 0.3 is 0 Å². The average molecular weight is 145 g/mol. The van der Waals surface area contributed by atoms with Gasteiger partial charge in [-0.1, -0.05) is 13.8 Å². The first-order valence-corrected chi connectivity index (χ1v) is 3.90. The van der Waals surface area contributed by atoms with Crippen molar-refractivity contribution in [3.63, 3.8) is 0 Å². The summed E-state index contributed by atoms with van der Waals surface area (Å²) in [5, 5.41) is 0. The molecule has 0 unspecified atom stereocenters. The van der Waals surface area contributed by atoms with Crippen LogP contribution in [0.4, 0.5) is 0 Å². The highest BCUT2D eigenvalue weighted by atomic mass is 16.5. The third-order valence-corrected chi connectivity index (χ3v) is 1.70. The molecule has 0 amide bonds. The lowest BCUT2D eigenvalue weighted by atomic mass is 9.98. The van der Waals surface area contributed by atoms with Gasteiger partial charge in [0.25, 0.3) is 0 Å². The molecule has 0 aromatic heterocycles. The van der Waals surface area contributed by atoms with Gasteiger partial charge in [0.15, 0.2) is 0 Å². The molecule has 0 saturated carbocycles. The summed E-state index contributed by atoms with van der Waals surface area (Å²) in [7, 11) is 3.87. The number of methoxy groups -OCH3 is 1. The zero-order chi connectivity index (χ0) is 8.20. The first-order valence-electron chi connectivity index (χ1n) is 3.90. The lowest BCUT2D eigenvalue weighted by Gasteiger charge is -2.44. The van der Waals surface area contributed by atoms with E-state index in [1.165, 1.54) is 0 Å². The van der Waals surface area contributed by atoms with E-state index in [4.69, 9.17) is 4.74 Å². The summed E-state index contributed by atoms with van der Waals surface area (Å²) in [5.41, 5.74) is 0.161. The van der Waals surface area contributed by atoms with E-state index >= 15 is 0 Å². The minimum Gasteiger partial charge on any atom is -0.376 e. The van der Waals surface area contributed by atoms with Crippen molar-refractivity contribution >= 4 is 0 Å². The molecule has 1 saturated heterocycles. The SMILES string of the molecule is CC.COC1(C)CN(C)C1. The molecule has 1 fully saturated rings. The first-order chi connectivity index (χ1) is 4.66. The molecular formula is C8H19NO. The predicted octanol–water partition coefficient (Wildman–Crippen LogP) is 1.36. The van der Waals surface area contributed by atoms with Crippen LogP contribution < -0.4 is 0 Å². The predicted molar refractivity (Wildman–Crippen MR) is 44.3 cm³/mol. The van der Waals surface area contributed by atoms with Gasteiger partial charge in [0, 0.05) is 20.2 Å². The van der Waals surface area contributed by atoms with E-state index in [2.05, 4.69) is 18.9 Å². The number of nitrogens with zero attached hydrogens (tertiary/aromatic N) is 1. The summed E-state index contributed by atoms with van der Waals surface area (Å²) >= 11 is 0. The quantitative estimate of drug-likeness (QED) is 0.552. The maximum absolute atomic E-state index is 5.20. The second-order valence-corrected chi connectivity index (χ2v) is 2.83. The van der Waals surface area contributed by atoms with E-state index in [1.807, 2.05) is 13.8 Å². The fourth-order valence-electron chi connectivity index (χ4n) is 1.22. The van der Waals surface area contributed by atoms with Crippen LogP contribution in [0.1, 0.15) is 20.8 Å². The summed E-state index contributed by atoms with van der Waals surface area (Å²) in [6.45, 7) is 8.28. The maximum atomic E-state index is 5.20. The Balaban J connectivity index is 0.000000371. The fourth-order valence-corrected chi connectivity index (χ4v) is 1.22. The third-order valence-electron chi connectivity index (χ3n) is 1.70. The van der Waals surface area contributed by atoms with Crippen LogP contribution in [0.25, 0.3) is 0 Å². The molecule has 1 aliphatic rings. The molecule has 0 N–H and O–H groups in total. The van der Waals surface area contributed by atoms with Gasteiger partial charge in [0.1, 0.15) is 0 Å². The number of likely N-dealkylation sites (N-methyl/N-ethyl adjacent to an activating group) is 1. The van der Waals surface area contributed by atoms with E-state index in [0.29, 0.717) is 0 Å². The van der Waals surface area contributed by atoms with Crippen LogP contribution in [0.15, 0.2) is 0 Å². The number of hydrogen-bond acceptors (Lipinski definition) is 2. The van der Waals surface area contributed by atoms with E-state index in [1.54, 1.807) is 7.11 Å². The molecule has 10 heavy (non-hydrogen) atoms. The largest absolute Gasteiger partial charge is 0.376 e. The van der Waals surface area contributed by atoms with Gasteiger partial charge in [-0.2, -0.15) is 0 Å². The summed E-state index contributed by atoms with van der Waals surface area (Å²) in [4.78, 5) is 2.24. The van der Waals surface area contributed by atoms with Crippen molar-refractivity contribution < 1.29 is 4.74 Å². The molecule has 0 aliphatic carbocycles. The Kier molecular flexibility index (Phi) is 3.91. The molecule has 0 radical (unpaired) electrons. The van der Waals surface area contributed by atoms with Crippen LogP contribution >= 0.6 is 0 Å². The highest BCUT2D eigenvalue weighted by Crippen LogP contribution is 2.20. The Hall–Kier alpha value is -0.0800. The second kappa shape index (κ2) is 3.94. The van der Waals surface area contributed by atoms with Gasteiger partial charge in [-0.15, -0.1) is 0 Å².